The highest BCUT2D eigenvalue weighted by molar-refractivity contribution is 5.99. The second kappa shape index (κ2) is 6.75. The Morgan fingerprint density at radius 1 is 1.09 bits per heavy atom. The van der Waals surface area contributed by atoms with Gasteiger partial charge in [-0.05, 0) is 49.8 Å². The summed E-state index contributed by atoms with van der Waals surface area (Å²) < 4.78 is 7.78. The number of ether oxygens (including phenoxy) is 1. The number of methoxy groups -OCH3 is 1. The smallest absolute Gasteiger partial charge is 0.128 e. The molecule has 3 rings (SSSR count). The van der Waals surface area contributed by atoms with Crippen molar-refractivity contribution in [3.63, 3.8) is 0 Å². The van der Waals surface area contributed by atoms with Crippen LogP contribution >= 0.6 is 0 Å². The third-order valence-electron chi connectivity index (χ3n) is 4.08. The van der Waals surface area contributed by atoms with Gasteiger partial charge in [-0.15, -0.1) is 0 Å². The van der Waals surface area contributed by atoms with Gasteiger partial charge in [0, 0.05) is 24.3 Å². The summed E-state index contributed by atoms with van der Waals surface area (Å²) >= 11 is 0. The monoisotopic (exact) mass is 309 g/mol. The molecule has 1 aromatic heterocycles. The molecular formula is C19H23N3O. The molecule has 120 valence electrons. The van der Waals surface area contributed by atoms with E-state index < -0.39 is 0 Å². The van der Waals surface area contributed by atoms with Crippen molar-refractivity contribution < 1.29 is 4.74 Å². The maximum atomic E-state index is 5.61. The zero-order valence-electron chi connectivity index (χ0n) is 13.9. The quantitative estimate of drug-likeness (QED) is 0.729. The number of fused-ring (bicyclic) bond motifs is 1. The molecule has 0 aliphatic rings. The number of aryl methyl sites for hydroxylation is 1. The summed E-state index contributed by atoms with van der Waals surface area (Å²) in [6.07, 6.45) is 3.17. The molecule has 4 heteroatoms. The Hall–Kier alpha value is -2.46. The van der Waals surface area contributed by atoms with Crippen LogP contribution in [0, 0.1) is 0 Å². The van der Waals surface area contributed by atoms with Crippen LogP contribution in [0.15, 0.2) is 48.7 Å². The van der Waals surface area contributed by atoms with E-state index in [0.29, 0.717) is 0 Å². The van der Waals surface area contributed by atoms with Crippen molar-refractivity contribution in [2.45, 2.75) is 6.42 Å². The summed E-state index contributed by atoms with van der Waals surface area (Å²) in [6.45, 7) is 0.943. The first-order valence-electron chi connectivity index (χ1n) is 7.86. The second-order valence-corrected chi connectivity index (χ2v) is 5.65. The minimum atomic E-state index is 0.922. The number of anilines is 2. The van der Waals surface area contributed by atoms with Crippen LogP contribution in [0.25, 0.3) is 10.9 Å². The molecule has 0 aliphatic carbocycles. The number of nitrogens with zero attached hydrogens (tertiary/aromatic N) is 1. The van der Waals surface area contributed by atoms with Crippen LogP contribution in [0.1, 0.15) is 5.56 Å². The van der Waals surface area contributed by atoms with Gasteiger partial charge in [-0.25, -0.2) is 0 Å². The van der Waals surface area contributed by atoms with Crippen LogP contribution in [0.5, 0.6) is 5.75 Å². The zero-order chi connectivity index (χ0) is 16.2. The molecule has 0 amide bonds. The lowest BCUT2D eigenvalue weighted by Gasteiger charge is -2.12. The Labute approximate surface area is 137 Å². The summed E-state index contributed by atoms with van der Waals surface area (Å²) in [7, 11) is 5.79. The van der Waals surface area contributed by atoms with Crippen molar-refractivity contribution >= 4 is 22.3 Å². The molecular weight excluding hydrogens is 286 g/mol. The normalized spacial score (nSPS) is 10.9. The maximum Gasteiger partial charge on any atom is 0.128 e. The Morgan fingerprint density at radius 3 is 2.57 bits per heavy atom. The molecule has 1 heterocycles. The van der Waals surface area contributed by atoms with Crippen molar-refractivity contribution in [1.82, 2.24) is 9.88 Å². The van der Waals surface area contributed by atoms with E-state index in [9.17, 15) is 0 Å². The number of aromatic nitrogens is 1. The number of benzene rings is 2. The molecule has 0 unspecified atom stereocenters. The van der Waals surface area contributed by atoms with Crippen molar-refractivity contribution in [1.29, 1.82) is 0 Å². The molecule has 2 N–H and O–H groups in total. The van der Waals surface area contributed by atoms with Crippen molar-refractivity contribution in [3.05, 3.63) is 54.2 Å². The van der Waals surface area contributed by atoms with Gasteiger partial charge in [0.05, 0.1) is 18.3 Å². The van der Waals surface area contributed by atoms with Crippen LogP contribution < -0.4 is 15.4 Å². The standard InChI is InChI=1S/C19H23N3O/c1-20-12-11-14-13-22(2)19-16(9-10-17(23-3)18(14)19)21-15-7-5-4-6-8-15/h4-10,13,20-21H,11-12H2,1-3H3. The Morgan fingerprint density at radius 2 is 1.87 bits per heavy atom. The molecule has 2 aromatic carbocycles. The first-order valence-corrected chi connectivity index (χ1v) is 7.86. The molecule has 0 aliphatic heterocycles. The van der Waals surface area contributed by atoms with E-state index in [1.807, 2.05) is 31.3 Å². The van der Waals surface area contributed by atoms with Gasteiger partial charge in [-0.1, -0.05) is 18.2 Å². The van der Waals surface area contributed by atoms with E-state index in [1.54, 1.807) is 7.11 Å². The minimum absolute atomic E-state index is 0.922. The summed E-state index contributed by atoms with van der Waals surface area (Å²) in [5, 5.41) is 7.92. The first kappa shape index (κ1) is 15.4. The average molecular weight is 309 g/mol. The molecule has 0 atom stereocenters. The molecule has 0 radical (unpaired) electrons. The molecule has 0 spiro atoms. The van der Waals surface area contributed by atoms with E-state index in [0.717, 1.165) is 30.1 Å². The van der Waals surface area contributed by atoms with Gasteiger partial charge in [0.1, 0.15) is 5.75 Å². The third-order valence-corrected chi connectivity index (χ3v) is 4.08. The molecule has 3 aromatic rings. The van der Waals surface area contributed by atoms with Gasteiger partial charge in [0.2, 0.25) is 0 Å². The van der Waals surface area contributed by atoms with Gasteiger partial charge in [0.25, 0.3) is 0 Å². The SMILES string of the molecule is CNCCc1cn(C)c2c(Nc3ccccc3)ccc(OC)c12. The largest absolute Gasteiger partial charge is 0.496 e. The van der Waals surface area contributed by atoms with Gasteiger partial charge in [0.15, 0.2) is 0 Å². The zero-order valence-corrected chi connectivity index (χ0v) is 13.9. The third kappa shape index (κ3) is 3.03. The minimum Gasteiger partial charge on any atom is -0.496 e. The lowest BCUT2D eigenvalue weighted by molar-refractivity contribution is 0.419. The van der Waals surface area contributed by atoms with Crippen LogP contribution in [0.4, 0.5) is 11.4 Å². The predicted molar refractivity (Wildman–Crippen MR) is 96.8 cm³/mol. The van der Waals surface area contributed by atoms with E-state index in [-0.39, 0.29) is 0 Å². The Balaban J connectivity index is 2.11. The number of rotatable bonds is 6. The molecule has 0 saturated carbocycles. The maximum absolute atomic E-state index is 5.61. The summed E-state index contributed by atoms with van der Waals surface area (Å²) in [4.78, 5) is 0. The topological polar surface area (TPSA) is 38.2 Å². The van der Waals surface area contributed by atoms with E-state index >= 15 is 0 Å². The fourth-order valence-corrected chi connectivity index (χ4v) is 3.01. The van der Waals surface area contributed by atoms with Crippen LogP contribution in [-0.4, -0.2) is 25.3 Å². The van der Waals surface area contributed by atoms with E-state index in [2.05, 4.69) is 46.6 Å². The number of para-hydroxylation sites is 1. The van der Waals surface area contributed by atoms with Crippen molar-refractivity contribution in [2.24, 2.45) is 7.05 Å². The fraction of sp³-hybridized carbons (Fsp3) is 0.263. The number of nitrogens with one attached hydrogen (secondary N) is 2. The molecule has 0 saturated heterocycles. The van der Waals surface area contributed by atoms with Crippen molar-refractivity contribution in [2.75, 3.05) is 26.0 Å². The molecule has 0 fully saturated rings. The second-order valence-electron chi connectivity index (χ2n) is 5.65. The van der Waals surface area contributed by atoms with Crippen LogP contribution in [0.2, 0.25) is 0 Å². The number of hydrogen-bond acceptors (Lipinski definition) is 3. The number of hydrogen-bond donors (Lipinski definition) is 2. The highest BCUT2D eigenvalue weighted by Gasteiger charge is 2.15. The lowest BCUT2D eigenvalue weighted by Crippen LogP contribution is -2.10. The predicted octanol–water partition coefficient (Wildman–Crippen LogP) is 3.69. The molecule has 23 heavy (non-hydrogen) atoms. The Kier molecular flexibility index (Phi) is 4.53. The van der Waals surface area contributed by atoms with Crippen LogP contribution in [0.3, 0.4) is 0 Å². The lowest BCUT2D eigenvalue weighted by atomic mass is 10.1. The Bertz CT molecular complexity index is 793. The fourth-order valence-electron chi connectivity index (χ4n) is 3.01. The highest BCUT2D eigenvalue weighted by atomic mass is 16.5. The van der Waals surface area contributed by atoms with Gasteiger partial charge in [-0.3, -0.25) is 0 Å². The first-order chi connectivity index (χ1) is 11.2. The van der Waals surface area contributed by atoms with Crippen molar-refractivity contribution in [3.8, 4) is 5.75 Å². The van der Waals surface area contributed by atoms with Crippen LogP contribution in [-0.2, 0) is 13.5 Å². The number of likely N-dealkylation sites (N-methyl/N-ethyl adjacent to an activating group) is 1. The molecule has 0 bridgehead atoms. The summed E-state index contributed by atoms with van der Waals surface area (Å²) in [5.74, 6) is 0.922. The average Bonchev–Trinajstić information content (AvgIpc) is 2.91. The summed E-state index contributed by atoms with van der Waals surface area (Å²) in [5.41, 5.74) is 4.63. The highest BCUT2D eigenvalue weighted by Crippen LogP contribution is 2.36. The van der Waals surface area contributed by atoms with E-state index in [4.69, 9.17) is 4.74 Å². The van der Waals surface area contributed by atoms with Gasteiger partial charge < -0.3 is 19.9 Å². The molecule has 4 nitrogen and oxygen atoms in total. The van der Waals surface area contributed by atoms with E-state index in [1.165, 1.54) is 16.5 Å². The summed E-state index contributed by atoms with van der Waals surface area (Å²) in [6, 6.07) is 14.3. The van der Waals surface area contributed by atoms with Gasteiger partial charge >= 0.3 is 0 Å². The van der Waals surface area contributed by atoms with Gasteiger partial charge in [-0.2, -0.15) is 0 Å².